The molecule has 1 rings (SSSR count). The van der Waals surface area contributed by atoms with Crippen molar-refractivity contribution in [3.63, 3.8) is 0 Å². The van der Waals surface area contributed by atoms with E-state index in [1.165, 1.54) is 0 Å². The van der Waals surface area contributed by atoms with E-state index in [1.807, 2.05) is 0 Å². The van der Waals surface area contributed by atoms with Crippen LogP contribution in [0.1, 0.15) is 17.3 Å². The molecule has 0 amide bonds. The molecule has 1 aromatic rings. The summed E-state index contributed by atoms with van der Waals surface area (Å²) in [5, 5.41) is 8.71. The lowest BCUT2D eigenvalue weighted by molar-refractivity contribution is 0.0399. The van der Waals surface area contributed by atoms with E-state index in [-0.39, 0.29) is 24.8 Å². The van der Waals surface area contributed by atoms with Crippen LogP contribution in [0.15, 0.2) is 12.1 Å². The van der Waals surface area contributed by atoms with Gasteiger partial charge in [-0.25, -0.2) is 13.6 Å². The first kappa shape index (κ1) is 13.4. The van der Waals surface area contributed by atoms with E-state index in [0.717, 1.165) is 6.07 Å². The van der Waals surface area contributed by atoms with Crippen molar-refractivity contribution < 1.29 is 23.4 Å². The molecule has 0 radical (unpaired) electrons. The molecule has 0 saturated carbocycles. The predicted molar refractivity (Wildman–Crippen MR) is 57.3 cm³/mol. The Balaban J connectivity index is 2.79. The van der Waals surface area contributed by atoms with E-state index in [0.29, 0.717) is 6.07 Å². The average molecular weight is 245 g/mol. The summed E-state index contributed by atoms with van der Waals surface area (Å²) in [6.45, 7) is 1.42. The third kappa shape index (κ3) is 3.39. The summed E-state index contributed by atoms with van der Waals surface area (Å²) in [6, 6.07) is 1.41. The molecule has 0 aliphatic carbocycles. The topological polar surface area (TPSA) is 72.5 Å². The van der Waals surface area contributed by atoms with Gasteiger partial charge in [-0.15, -0.1) is 0 Å². The van der Waals surface area contributed by atoms with Crippen LogP contribution in [0.5, 0.6) is 0 Å². The van der Waals surface area contributed by atoms with Gasteiger partial charge in [0.2, 0.25) is 0 Å². The third-order valence-corrected chi connectivity index (χ3v) is 2.12. The number of carbonyl (C=O) groups is 1. The molecule has 0 bridgehead atoms. The quantitative estimate of drug-likeness (QED) is 0.620. The molecule has 4 nitrogen and oxygen atoms in total. The Labute approximate surface area is 97.0 Å². The summed E-state index contributed by atoms with van der Waals surface area (Å²) in [7, 11) is 0. The van der Waals surface area contributed by atoms with Crippen molar-refractivity contribution in [2.24, 2.45) is 5.92 Å². The number of nitrogens with two attached hydrogens (primary N) is 1. The van der Waals surface area contributed by atoms with Gasteiger partial charge in [-0.3, -0.25) is 0 Å². The second-order valence-electron chi connectivity index (χ2n) is 3.74. The van der Waals surface area contributed by atoms with Gasteiger partial charge >= 0.3 is 5.97 Å². The Morgan fingerprint density at radius 1 is 1.47 bits per heavy atom. The van der Waals surface area contributed by atoms with Gasteiger partial charge in [-0.05, 0) is 6.07 Å². The Hall–Kier alpha value is -1.69. The van der Waals surface area contributed by atoms with Crippen LogP contribution in [0.4, 0.5) is 14.5 Å². The standard InChI is InChI=1S/C11H13F2NO3/c1-6(4-15)5-17-11(16)7-2-9(13)10(14)3-8(7)12/h2-3,6,15H,4-5,14H2,1H3. The third-order valence-electron chi connectivity index (χ3n) is 2.12. The largest absolute Gasteiger partial charge is 0.462 e. The maximum absolute atomic E-state index is 13.3. The number of benzene rings is 1. The molecule has 0 aliphatic rings. The van der Waals surface area contributed by atoms with Gasteiger partial charge in [0.25, 0.3) is 0 Å². The number of esters is 1. The minimum atomic E-state index is -0.985. The minimum Gasteiger partial charge on any atom is -0.462 e. The zero-order valence-electron chi connectivity index (χ0n) is 9.24. The number of hydrogen-bond acceptors (Lipinski definition) is 4. The molecular formula is C11H13F2NO3. The fourth-order valence-electron chi connectivity index (χ4n) is 1.07. The lowest BCUT2D eigenvalue weighted by Crippen LogP contribution is -2.16. The average Bonchev–Trinajstić information content (AvgIpc) is 2.30. The SMILES string of the molecule is CC(CO)COC(=O)c1cc(F)c(N)cc1F. The number of aliphatic hydroxyl groups excluding tert-OH is 1. The summed E-state index contributed by atoms with van der Waals surface area (Å²) >= 11 is 0. The van der Waals surface area contributed by atoms with Crippen LogP contribution in [0, 0.1) is 17.6 Å². The Morgan fingerprint density at radius 3 is 2.71 bits per heavy atom. The molecule has 0 aromatic heterocycles. The Morgan fingerprint density at radius 2 is 2.12 bits per heavy atom. The molecule has 0 aliphatic heterocycles. The van der Waals surface area contributed by atoms with Gasteiger partial charge in [0.1, 0.15) is 11.6 Å². The maximum Gasteiger partial charge on any atom is 0.341 e. The van der Waals surface area contributed by atoms with Gasteiger partial charge in [-0.1, -0.05) is 6.92 Å². The van der Waals surface area contributed by atoms with Crippen molar-refractivity contribution in [3.05, 3.63) is 29.3 Å². The highest BCUT2D eigenvalue weighted by molar-refractivity contribution is 5.90. The van der Waals surface area contributed by atoms with E-state index >= 15 is 0 Å². The van der Waals surface area contributed by atoms with Gasteiger partial charge in [0.05, 0.1) is 17.9 Å². The van der Waals surface area contributed by atoms with Crippen LogP contribution in [-0.4, -0.2) is 24.3 Å². The number of ether oxygens (including phenoxy) is 1. The fourth-order valence-corrected chi connectivity index (χ4v) is 1.07. The molecule has 3 N–H and O–H groups in total. The smallest absolute Gasteiger partial charge is 0.341 e. The zero-order valence-corrected chi connectivity index (χ0v) is 9.24. The van der Waals surface area contributed by atoms with Crippen LogP contribution in [0.2, 0.25) is 0 Å². The van der Waals surface area contributed by atoms with Crippen LogP contribution in [0.3, 0.4) is 0 Å². The van der Waals surface area contributed by atoms with Crippen molar-refractivity contribution in [3.8, 4) is 0 Å². The molecule has 0 heterocycles. The van der Waals surface area contributed by atoms with Crippen LogP contribution >= 0.6 is 0 Å². The van der Waals surface area contributed by atoms with E-state index in [9.17, 15) is 13.6 Å². The van der Waals surface area contributed by atoms with Crippen molar-refractivity contribution in [1.82, 2.24) is 0 Å². The highest BCUT2D eigenvalue weighted by Gasteiger charge is 2.17. The van der Waals surface area contributed by atoms with Gasteiger partial charge < -0.3 is 15.6 Å². The lowest BCUT2D eigenvalue weighted by atomic mass is 10.2. The van der Waals surface area contributed by atoms with Crippen molar-refractivity contribution in [2.45, 2.75) is 6.92 Å². The normalized spacial score (nSPS) is 12.2. The fraction of sp³-hybridized carbons (Fsp3) is 0.364. The zero-order chi connectivity index (χ0) is 13.0. The summed E-state index contributed by atoms with van der Waals surface area (Å²) < 4.78 is 31.0. The van der Waals surface area contributed by atoms with E-state index in [4.69, 9.17) is 15.6 Å². The molecular weight excluding hydrogens is 232 g/mol. The number of carbonyl (C=O) groups excluding carboxylic acids is 1. The second-order valence-corrected chi connectivity index (χ2v) is 3.74. The van der Waals surface area contributed by atoms with Gasteiger partial charge in [0, 0.05) is 18.6 Å². The Bertz CT molecular complexity index is 423. The van der Waals surface area contributed by atoms with Gasteiger partial charge in [0.15, 0.2) is 0 Å². The molecule has 0 fully saturated rings. The summed E-state index contributed by atoms with van der Waals surface area (Å²) in [6.07, 6.45) is 0. The van der Waals surface area contributed by atoms with E-state index in [1.54, 1.807) is 6.92 Å². The molecule has 94 valence electrons. The maximum atomic E-state index is 13.3. The summed E-state index contributed by atoms with van der Waals surface area (Å²) in [4.78, 5) is 11.4. The van der Waals surface area contributed by atoms with Crippen LogP contribution in [0.25, 0.3) is 0 Å². The Kier molecular flexibility index (Phi) is 4.39. The molecule has 6 heteroatoms. The predicted octanol–water partition coefficient (Wildman–Crippen LogP) is 1.33. The number of halogens is 2. The molecule has 1 aromatic carbocycles. The molecule has 1 atom stereocenters. The molecule has 0 saturated heterocycles. The van der Waals surface area contributed by atoms with Gasteiger partial charge in [-0.2, -0.15) is 0 Å². The van der Waals surface area contributed by atoms with Crippen molar-refractivity contribution in [2.75, 3.05) is 18.9 Å². The highest BCUT2D eigenvalue weighted by atomic mass is 19.1. The lowest BCUT2D eigenvalue weighted by Gasteiger charge is -2.10. The number of nitrogen functional groups attached to an aromatic ring is 1. The molecule has 0 spiro atoms. The second kappa shape index (κ2) is 5.58. The highest BCUT2D eigenvalue weighted by Crippen LogP contribution is 2.17. The molecule has 1 unspecified atom stereocenters. The number of anilines is 1. The monoisotopic (exact) mass is 245 g/mol. The van der Waals surface area contributed by atoms with Crippen LogP contribution in [-0.2, 0) is 4.74 Å². The number of rotatable bonds is 4. The summed E-state index contributed by atoms with van der Waals surface area (Å²) in [5.74, 6) is -3.07. The number of aliphatic hydroxyl groups is 1. The first-order chi connectivity index (χ1) is 7.95. The van der Waals surface area contributed by atoms with E-state index in [2.05, 4.69) is 0 Å². The number of hydrogen-bond donors (Lipinski definition) is 2. The minimum absolute atomic E-state index is 0.0687. The van der Waals surface area contributed by atoms with Crippen molar-refractivity contribution in [1.29, 1.82) is 0 Å². The van der Waals surface area contributed by atoms with E-state index < -0.39 is 23.2 Å². The first-order valence-corrected chi connectivity index (χ1v) is 4.98. The van der Waals surface area contributed by atoms with Crippen LogP contribution < -0.4 is 5.73 Å². The first-order valence-electron chi connectivity index (χ1n) is 4.98. The van der Waals surface area contributed by atoms with Crippen molar-refractivity contribution >= 4 is 11.7 Å². The summed E-state index contributed by atoms with van der Waals surface area (Å²) in [5.41, 5.74) is 4.25. The molecule has 17 heavy (non-hydrogen) atoms.